The Morgan fingerprint density at radius 3 is 2.45 bits per heavy atom. The highest BCUT2D eigenvalue weighted by molar-refractivity contribution is 7.91. The minimum Gasteiger partial charge on any atom is -0.346 e. The van der Waals surface area contributed by atoms with Crippen molar-refractivity contribution >= 4 is 21.7 Å². The molecule has 1 aliphatic rings. The average Bonchev–Trinajstić information content (AvgIpc) is 2.75. The molecule has 0 spiro atoms. The first kappa shape index (κ1) is 21.0. The molecule has 1 fully saturated rings. The summed E-state index contributed by atoms with van der Waals surface area (Å²) >= 11 is 0. The van der Waals surface area contributed by atoms with Gasteiger partial charge < -0.3 is 10.2 Å². The van der Waals surface area contributed by atoms with Crippen LogP contribution in [0.3, 0.4) is 0 Å². The number of nitrogens with one attached hydrogen (secondary N) is 1. The molecular formula is C21H25N3O4S. The summed E-state index contributed by atoms with van der Waals surface area (Å²) in [5.74, 6) is -0.858. The van der Waals surface area contributed by atoms with E-state index in [0.717, 1.165) is 12.8 Å². The fraction of sp³-hybridized carbons (Fsp3) is 0.381. The van der Waals surface area contributed by atoms with Crippen LogP contribution in [0.5, 0.6) is 0 Å². The summed E-state index contributed by atoms with van der Waals surface area (Å²) in [4.78, 5) is 30.5. The van der Waals surface area contributed by atoms with Gasteiger partial charge >= 0.3 is 11.8 Å². The van der Waals surface area contributed by atoms with Crippen LogP contribution in [0.25, 0.3) is 0 Å². The summed E-state index contributed by atoms with van der Waals surface area (Å²) in [6.45, 7) is 3.00. The molecule has 2 aromatic rings. The Morgan fingerprint density at radius 1 is 1.14 bits per heavy atom. The zero-order valence-electron chi connectivity index (χ0n) is 16.3. The van der Waals surface area contributed by atoms with Crippen LogP contribution in [0.4, 0.5) is 0 Å². The predicted molar refractivity (Wildman–Crippen MR) is 109 cm³/mol. The van der Waals surface area contributed by atoms with Crippen LogP contribution in [0.15, 0.2) is 59.8 Å². The molecule has 0 radical (unpaired) electrons. The molecule has 1 N–H and O–H groups in total. The maximum atomic E-state index is 13.2. The van der Waals surface area contributed by atoms with Gasteiger partial charge in [-0.2, -0.15) is 0 Å². The van der Waals surface area contributed by atoms with Crippen molar-refractivity contribution in [2.24, 2.45) is 5.92 Å². The number of rotatable bonds is 5. The summed E-state index contributed by atoms with van der Waals surface area (Å²) in [6.07, 6.45) is 4.74. The third-order valence-corrected chi connectivity index (χ3v) is 7.33. The molecule has 7 nitrogen and oxygen atoms in total. The number of aromatic nitrogens is 1. The first-order valence-corrected chi connectivity index (χ1v) is 11.2. The topological polar surface area (TPSA) is 96.4 Å². The number of sulfone groups is 1. The van der Waals surface area contributed by atoms with Gasteiger partial charge in [0.05, 0.1) is 4.90 Å². The van der Waals surface area contributed by atoms with Crippen molar-refractivity contribution in [2.75, 3.05) is 19.6 Å². The Kier molecular flexibility index (Phi) is 6.64. The average molecular weight is 416 g/mol. The lowest BCUT2D eigenvalue weighted by Crippen LogP contribution is -2.47. The van der Waals surface area contributed by atoms with E-state index in [4.69, 9.17) is 0 Å². The number of hydrogen-bond acceptors (Lipinski definition) is 5. The molecular weight excluding hydrogens is 390 g/mol. The molecule has 1 aromatic heterocycles. The van der Waals surface area contributed by atoms with Crippen LogP contribution in [0.2, 0.25) is 0 Å². The molecule has 8 heteroatoms. The van der Waals surface area contributed by atoms with Crippen molar-refractivity contribution in [2.45, 2.75) is 29.9 Å². The lowest BCUT2D eigenvalue weighted by atomic mass is 9.99. The van der Waals surface area contributed by atoms with Crippen LogP contribution < -0.4 is 5.32 Å². The number of piperidine rings is 1. The van der Waals surface area contributed by atoms with Crippen LogP contribution in [-0.4, -0.2) is 49.8 Å². The molecule has 2 amide bonds. The molecule has 0 saturated carbocycles. The minimum atomic E-state index is -3.79. The van der Waals surface area contributed by atoms with Gasteiger partial charge in [0, 0.05) is 32.0 Å². The van der Waals surface area contributed by atoms with Crippen molar-refractivity contribution < 1.29 is 18.0 Å². The molecule has 0 unspecified atom stereocenters. The van der Waals surface area contributed by atoms with Crippen LogP contribution >= 0.6 is 0 Å². The molecule has 2 heterocycles. The van der Waals surface area contributed by atoms with E-state index in [1.807, 2.05) is 0 Å². The fourth-order valence-corrected chi connectivity index (χ4v) is 5.03. The van der Waals surface area contributed by atoms with Gasteiger partial charge in [-0.15, -0.1) is 0 Å². The maximum Gasteiger partial charge on any atom is 0.311 e. The minimum absolute atomic E-state index is 0.152. The van der Waals surface area contributed by atoms with Gasteiger partial charge in [-0.3, -0.25) is 14.6 Å². The maximum absolute atomic E-state index is 13.2. The van der Waals surface area contributed by atoms with Gasteiger partial charge in [-0.1, -0.05) is 31.2 Å². The van der Waals surface area contributed by atoms with Crippen molar-refractivity contribution in [3.05, 3.63) is 60.4 Å². The number of carbonyl (C=O) groups is 2. The van der Waals surface area contributed by atoms with E-state index >= 15 is 0 Å². The first-order chi connectivity index (χ1) is 13.9. The van der Waals surface area contributed by atoms with Gasteiger partial charge in [0.2, 0.25) is 0 Å². The van der Waals surface area contributed by atoms with E-state index in [2.05, 4.69) is 17.2 Å². The second-order valence-electron chi connectivity index (χ2n) is 7.32. The highest BCUT2D eigenvalue weighted by atomic mass is 32.2. The SMILES string of the molecule is CC1CCN(C(=O)C(=O)NC[C@@H](c2cccnc2)S(=O)(=O)c2ccccc2)CC1. The second-order valence-corrected chi connectivity index (χ2v) is 9.45. The third kappa shape index (κ3) is 5.00. The number of likely N-dealkylation sites (tertiary alicyclic amines) is 1. The van der Waals surface area contributed by atoms with Gasteiger partial charge in [0.25, 0.3) is 0 Å². The zero-order chi connectivity index (χ0) is 20.9. The number of hydrogen-bond donors (Lipinski definition) is 1. The molecule has 0 bridgehead atoms. The lowest BCUT2D eigenvalue weighted by molar-refractivity contribution is -0.146. The lowest BCUT2D eigenvalue weighted by Gasteiger charge is -2.29. The number of benzene rings is 1. The summed E-state index contributed by atoms with van der Waals surface area (Å²) in [6, 6.07) is 11.3. The largest absolute Gasteiger partial charge is 0.346 e. The summed E-state index contributed by atoms with van der Waals surface area (Å²) in [5.41, 5.74) is 0.455. The van der Waals surface area contributed by atoms with E-state index in [-0.39, 0.29) is 11.4 Å². The predicted octanol–water partition coefficient (Wildman–Crippen LogP) is 1.97. The molecule has 1 saturated heterocycles. The van der Waals surface area contributed by atoms with E-state index < -0.39 is 26.9 Å². The van der Waals surface area contributed by atoms with E-state index in [1.165, 1.54) is 23.2 Å². The van der Waals surface area contributed by atoms with Crippen LogP contribution in [0.1, 0.15) is 30.6 Å². The normalized spacial score (nSPS) is 16.2. The van der Waals surface area contributed by atoms with Crippen LogP contribution in [0, 0.1) is 5.92 Å². The van der Waals surface area contributed by atoms with Crippen molar-refractivity contribution in [1.82, 2.24) is 15.2 Å². The quantitative estimate of drug-likeness (QED) is 0.753. The Balaban J connectivity index is 1.76. The summed E-state index contributed by atoms with van der Waals surface area (Å²) < 4.78 is 26.4. The molecule has 3 rings (SSSR count). The van der Waals surface area contributed by atoms with Crippen molar-refractivity contribution in [3.63, 3.8) is 0 Å². The highest BCUT2D eigenvalue weighted by Gasteiger charge is 2.31. The van der Waals surface area contributed by atoms with Gasteiger partial charge in [0.1, 0.15) is 5.25 Å². The Labute approximate surface area is 171 Å². The first-order valence-electron chi connectivity index (χ1n) is 9.65. The van der Waals surface area contributed by atoms with Gasteiger partial charge in [-0.05, 0) is 42.5 Å². The Morgan fingerprint density at radius 2 is 1.83 bits per heavy atom. The molecule has 1 aliphatic heterocycles. The summed E-state index contributed by atoms with van der Waals surface area (Å²) in [7, 11) is -3.79. The van der Waals surface area contributed by atoms with E-state index in [0.29, 0.717) is 24.6 Å². The fourth-order valence-electron chi connectivity index (χ4n) is 3.36. The number of nitrogens with zero attached hydrogens (tertiary/aromatic N) is 2. The number of pyridine rings is 1. The molecule has 29 heavy (non-hydrogen) atoms. The standard InChI is InChI=1S/C21H25N3O4S/c1-16-9-12-24(13-10-16)21(26)20(25)23-15-19(17-6-5-11-22-14-17)29(27,28)18-7-3-2-4-8-18/h2-8,11,14,16,19H,9-10,12-13,15H2,1H3,(H,23,25)/t19-/m0/s1. The highest BCUT2D eigenvalue weighted by Crippen LogP contribution is 2.28. The van der Waals surface area contributed by atoms with E-state index in [1.54, 1.807) is 36.5 Å². The monoisotopic (exact) mass is 415 g/mol. The van der Waals surface area contributed by atoms with Gasteiger partial charge in [-0.25, -0.2) is 8.42 Å². The smallest absolute Gasteiger partial charge is 0.311 e. The second kappa shape index (κ2) is 9.17. The third-order valence-electron chi connectivity index (χ3n) is 5.22. The Bertz CT molecular complexity index is 940. The molecule has 154 valence electrons. The number of amides is 2. The van der Waals surface area contributed by atoms with Crippen molar-refractivity contribution in [1.29, 1.82) is 0 Å². The van der Waals surface area contributed by atoms with Crippen molar-refractivity contribution in [3.8, 4) is 0 Å². The van der Waals surface area contributed by atoms with Gasteiger partial charge in [0.15, 0.2) is 9.84 Å². The molecule has 1 aromatic carbocycles. The molecule has 0 aliphatic carbocycles. The van der Waals surface area contributed by atoms with E-state index in [9.17, 15) is 18.0 Å². The Hall–Kier alpha value is -2.74. The summed E-state index contributed by atoms with van der Waals surface area (Å²) in [5, 5.41) is 1.48. The van der Waals surface area contributed by atoms with Crippen LogP contribution in [-0.2, 0) is 19.4 Å². The molecule has 1 atom stereocenters. The number of carbonyl (C=O) groups excluding carboxylic acids is 2. The zero-order valence-corrected chi connectivity index (χ0v) is 17.1.